The zero-order chi connectivity index (χ0) is 21.1. The fourth-order valence-electron chi connectivity index (χ4n) is 4.26. The monoisotopic (exact) mass is 408 g/mol. The van der Waals surface area contributed by atoms with Gasteiger partial charge in [-0.15, -0.1) is 0 Å². The minimum atomic E-state index is -2.39. The highest BCUT2D eigenvalue weighted by Gasteiger charge is 2.41. The number of carbonyl (C=O) groups is 2. The Kier molecular flexibility index (Phi) is 4.27. The molecule has 1 heterocycles. The number of halogens is 2. The molecule has 0 fully saturated rings. The summed E-state index contributed by atoms with van der Waals surface area (Å²) in [5, 5.41) is 11.7. The third kappa shape index (κ3) is 2.74. The topological polar surface area (TPSA) is 54.4 Å². The van der Waals surface area contributed by atoms with Crippen molar-refractivity contribution in [2.24, 2.45) is 0 Å². The van der Waals surface area contributed by atoms with Crippen molar-refractivity contribution in [1.29, 1.82) is 0 Å². The van der Waals surface area contributed by atoms with E-state index in [-0.39, 0.29) is 28.2 Å². The first-order valence-corrected chi connectivity index (χ1v) is 12.1. The average Bonchev–Trinajstić information content (AvgIpc) is 2.68. The number of allylic oxidation sites excluding steroid dienone is 5. The van der Waals surface area contributed by atoms with E-state index in [1.165, 1.54) is 19.1 Å². The lowest BCUT2D eigenvalue weighted by atomic mass is 9.86. The molecule has 29 heavy (non-hydrogen) atoms. The molecular formula is C23H18F2O3Si. The lowest BCUT2D eigenvalue weighted by Crippen LogP contribution is -2.49. The second-order valence-corrected chi connectivity index (χ2v) is 12.1. The molecule has 0 saturated heterocycles. The summed E-state index contributed by atoms with van der Waals surface area (Å²) in [5.41, 5.74) is 1.60. The minimum Gasteiger partial charge on any atom is -0.508 e. The van der Waals surface area contributed by atoms with Crippen LogP contribution >= 0.6 is 0 Å². The Morgan fingerprint density at radius 1 is 1.10 bits per heavy atom. The minimum absolute atomic E-state index is 0.0275. The molecule has 6 heteroatoms. The Morgan fingerprint density at radius 2 is 1.83 bits per heavy atom. The number of rotatable bonds is 2. The van der Waals surface area contributed by atoms with Crippen LogP contribution in [0.5, 0.6) is 5.75 Å². The van der Waals surface area contributed by atoms with Crippen LogP contribution in [0.4, 0.5) is 8.78 Å². The Morgan fingerprint density at radius 3 is 2.52 bits per heavy atom. The summed E-state index contributed by atoms with van der Waals surface area (Å²) < 4.78 is 29.9. The van der Waals surface area contributed by atoms with Crippen molar-refractivity contribution in [1.82, 2.24) is 0 Å². The Balaban J connectivity index is 2.17. The highest BCUT2D eigenvalue weighted by atomic mass is 28.3. The Bertz CT molecular complexity index is 1200. The van der Waals surface area contributed by atoms with Crippen LogP contribution < -0.4 is 5.19 Å². The van der Waals surface area contributed by atoms with E-state index in [4.69, 9.17) is 0 Å². The smallest absolute Gasteiger partial charge is 0.178 e. The fraction of sp³-hybridized carbons (Fsp3) is 0.130. The molecule has 1 aliphatic carbocycles. The number of aromatic hydroxyl groups is 1. The van der Waals surface area contributed by atoms with E-state index < -0.39 is 19.7 Å². The van der Waals surface area contributed by atoms with E-state index in [1.54, 1.807) is 24.3 Å². The number of carbonyl (C=O) groups excluding carboxylic acids is 2. The van der Waals surface area contributed by atoms with Crippen molar-refractivity contribution < 1.29 is 23.5 Å². The number of ketones is 1. The molecule has 0 amide bonds. The lowest BCUT2D eigenvalue weighted by Gasteiger charge is -2.37. The van der Waals surface area contributed by atoms with Gasteiger partial charge in [0, 0.05) is 5.56 Å². The molecule has 3 nitrogen and oxygen atoms in total. The molecule has 0 saturated carbocycles. The maximum absolute atomic E-state index is 15.2. The largest absolute Gasteiger partial charge is 0.508 e. The molecule has 0 atom stereocenters. The summed E-state index contributed by atoms with van der Waals surface area (Å²) >= 11 is 0. The molecule has 0 bridgehead atoms. The Labute approximate surface area is 167 Å². The van der Waals surface area contributed by atoms with Crippen molar-refractivity contribution in [3.05, 3.63) is 87.2 Å². The van der Waals surface area contributed by atoms with Crippen LogP contribution in [0.25, 0.3) is 5.57 Å². The predicted molar refractivity (Wildman–Crippen MR) is 110 cm³/mol. The van der Waals surface area contributed by atoms with E-state index in [0.717, 1.165) is 16.4 Å². The molecule has 1 aliphatic heterocycles. The highest BCUT2D eigenvalue weighted by molar-refractivity contribution is 6.98. The first-order valence-electron chi connectivity index (χ1n) is 9.13. The first kappa shape index (κ1) is 19.2. The van der Waals surface area contributed by atoms with E-state index in [2.05, 4.69) is 13.1 Å². The zero-order valence-corrected chi connectivity index (χ0v) is 17.1. The van der Waals surface area contributed by atoms with Gasteiger partial charge in [0.15, 0.2) is 12.1 Å². The third-order valence-electron chi connectivity index (χ3n) is 5.74. The molecule has 0 aromatic heterocycles. The van der Waals surface area contributed by atoms with Crippen LogP contribution in [0.1, 0.15) is 27.0 Å². The third-order valence-corrected chi connectivity index (χ3v) is 9.26. The standard InChI is InChI=1S/C23H18F2O3Si/c1-12-21(18(24)8-13(11-26)23(12)25)22-16-6-4-14(27)9-19(16)29(2,3)20-10-15(28)5-7-17(20)22/h4-11,27H,1-3H3. The highest BCUT2D eigenvalue weighted by Crippen LogP contribution is 2.43. The summed E-state index contributed by atoms with van der Waals surface area (Å²) in [6, 6.07) is 5.76. The van der Waals surface area contributed by atoms with Gasteiger partial charge >= 0.3 is 0 Å². The fourth-order valence-corrected chi connectivity index (χ4v) is 7.32. The number of benzene rings is 2. The van der Waals surface area contributed by atoms with Gasteiger partial charge in [0.05, 0.1) is 5.56 Å². The van der Waals surface area contributed by atoms with Crippen LogP contribution in [-0.4, -0.2) is 25.2 Å². The molecule has 2 aliphatic rings. The van der Waals surface area contributed by atoms with Crippen molar-refractivity contribution in [3.8, 4) is 5.75 Å². The SMILES string of the molecule is Cc1c(F)c(C=O)cc(F)c1C1=C2C=CC(=O)C=C2[Si](C)(C)c2cc(O)ccc21. The molecule has 1 N–H and O–H groups in total. The zero-order valence-electron chi connectivity index (χ0n) is 16.1. The second-order valence-electron chi connectivity index (χ2n) is 7.82. The van der Waals surface area contributed by atoms with Gasteiger partial charge in [0.1, 0.15) is 25.5 Å². The quantitative estimate of drug-likeness (QED) is 0.601. The van der Waals surface area contributed by atoms with Gasteiger partial charge in [-0.3, -0.25) is 9.59 Å². The molecule has 0 unspecified atom stereocenters. The normalized spacial score (nSPS) is 17.0. The molecule has 146 valence electrons. The summed E-state index contributed by atoms with van der Waals surface area (Å²) in [6.07, 6.45) is 4.92. The molecule has 0 spiro atoms. The number of hydrogen-bond donors (Lipinski definition) is 1. The molecule has 4 rings (SSSR count). The van der Waals surface area contributed by atoms with Gasteiger partial charge in [0.25, 0.3) is 0 Å². The number of hydrogen-bond acceptors (Lipinski definition) is 3. The lowest BCUT2D eigenvalue weighted by molar-refractivity contribution is -0.110. The van der Waals surface area contributed by atoms with Gasteiger partial charge in [-0.1, -0.05) is 25.2 Å². The van der Waals surface area contributed by atoms with Crippen LogP contribution in [-0.2, 0) is 4.79 Å². The van der Waals surface area contributed by atoms with Crippen molar-refractivity contribution in [2.45, 2.75) is 20.0 Å². The van der Waals surface area contributed by atoms with E-state index in [9.17, 15) is 19.1 Å². The van der Waals surface area contributed by atoms with Gasteiger partial charge < -0.3 is 5.11 Å². The number of aldehydes is 1. The summed E-state index contributed by atoms with van der Waals surface area (Å²) in [4.78, 5) is 23.2. The molecular weight excluding hydrogens is 390 g/mol. The maximum Gasteiger partial charge on any atom is 0.178 e. The average molecular weight is 408 g/mol. The van der Waals surface area contributed by atoms with Crippen molar-refractivity contribution >= 4 is 30.9 Å². The van der Waals surface area contributed by atoms with Crippen LogP contribution in [0.15, 0.2) is 53.3 Å². The number of phenolic OH excluding ortho intramolecular Hbond substituents is 1. The first-order chi connectivity index (χ1) is 13.7. The van der Waals surface area contributed by atoms with E-state index >= 15 is 4.39 Å². The van der Waals surface area contributed by atoms with Crippen LogP contribution in [0, 0.1) is 18.6 Å². The summed E-state index contributed by atoms with van der Waals surface area (Å²) in [7, 11) is -2.39. The van der Waals surface area contributed by atoms with Gasteiger partial charge in [-0.25, -0.2) is 8.78 Å². The maximum atomic E-state index is 15.2. The van der Waals surface area contributed by atoms with Gasteiger partial charge in [0.2, 0.25) is 0 Å². The number of fused-ring (bicyclic) bond motifs is 2. The molecule has 2 aromatic rings. The summed E-state index contributed by atoms with van der Waals surface area (Å²) in [5.74, 6) is -1.57. The summed E-state index contributed by atoms with van der Waals surface area (Å²) in [6.45, 7) is 5.55. The van der Waals surface area contributed by atoms with Gasteiger partial charge in [-0.2, -0.15) is 0 Å². The molecule has 0 radical (unpaired) electrons. The van der Waals surface area contributed by atoms with E-state index in [0.29, 0.717) is 23.0 Å². The van der Waals surface area contributed by atoms with Crippen molar-refractivity contribution in [2.75, 3.05) is 0 Å². The number of phenols is 1. The van der Waals surface area contributed by atoms with Crippen molar-refractivity contribution in [3.63, 3.8) is 0 Å². The van der Waals surface area contributed by atoms with Crippen LogP contribution in [0.2, 0.25) is 13.1 Å². The second kappa shape index (κ2) is 6.45. The molecule has 2 aromatic carbocycles. The van der Waals surface area contributed by atoms with E-state index in [1.807, 2.05) is 0 Å². The van der Waals surface area contributed by atoms with Gasteiger partial charge in [-0.05, 0) is 69.9 Å². The predicted octanol–water partition coefficient (Wildman–Crippen LogP) is 4.13. The Hall–Kier alpha value is -3.12. The van der Waals surface area contributed by atoms with Crippen LogP contribution in [0.3, 0.4) is 0 Å².